The lowest BCUT2D eigenvalue weighted by molar-refractivity contribution is -0.120. The van der Waals surface area contributed by atoms with Gasteiger partial charge in [-0.2, -0.15) is 5.10 Å². The van der Waals surface area contributed by atoms with Gasteiger partial charge < -0.3 is 15.5 Å². The molecule has 0 spiro atoms. The molecule has 0 aliphatic rings. The Bertz CT molecular complexity index is 411. The fraction of sp³-hybridized carbons (Fsp3) is 0.300. The molecule has 0 fully saturated rings. The Balaban J connectivity index is 2.29. The number of nitrogens with one attached hydrogen (secondary N) is 2. The maximum Gasteiger partial charge on any atom is 0.332 e. The van der Waals surface area contributed by atoms with Crippen LogP contribution < -0.4 is 16.5 Å². The summed E-state index contributed by atoms with van der Waals surface area (Å²) in [6, 6.07) is 2.74. The Morgan fingerprint density at radius 1 is 1.53 bits per heavy atom. The van der Waals surface area contributed by atoms with Crippen LogP contribution in [0.15, 0.2) is 27.9 Å². The smallest absolute Gasteiger partial charge is 0.332 e. The third-order valence-corrected chi connectivity index (χ3v) is 1.81. The first-order valence-corrected chi connectivity index (χ1v) is 4.95. The van der Waals surface area contributed by atoms with Crippen molar-refractivity contribution in [3.63, 3.8) is 0 Å². The number of urea groups is 1. The number of furan rings is 1. The molecule has 7 heteroatoms. The molecule has 0 aromatic carbocycles. The number of carbonyl (C=O) groups is 2. The molecule has 0 unspecified atom stereocenters. The number of nitrogens with zero attached hydrogens (tertiary/aromatic N) is 1. The minimum absolute atomic E-state index is 0.0843. The first kappa shape index (κ1) is 12.8. The van der Waals surface area contributed by atoms with Crippen molar-refractivity contribution >= 4 is 17.6 Å². The van der Waals surface area contributed by atoms with E-state index in [2.05, 4.69) is 10.4 Å². The number of primary amides is 1. The van der Waals surface area contributed by atoms with Crippen LogP contribution in [0.3, 0.4) is 0 Å². The second kappa shape index (κ2) is 6.31. The van der Waals surface area contributed by atoms with Crippen molar-refractivity contribution < 1.29 is 14.0 Å². The molecule has 1 aromatic heterocycles. The molecule has 7 nitrogen and oxygen atoms in total. The number of hydrogen-bond acceptors (Lipinski definition) is 4. The van der Waals surface area contributed by atoms with E-state index >= 15 is 0 Å². The van der Waals surface area contributed by atoms with Crippen LogP contribution in [0.4, 0.5) is 4.79 Å². The summed E-state index contributed by atoms with van der Waals surface area (Å²) < 4.78 is 5.05. The van der Waals surface area contributed by atoms with Crippen LogP contribution >= 0.6 is 0 Å². The van der Waals surface area contributed by atoms with Gasteiger partial charge in [-0.25, -0.2) is 10.2 Å². The zero-order chi connectivity index (χ0) is 12.7. The van der Waals surface area contributed by atoms with Crippen molar-refractivity contribution in [1.29, 1.82) is 0 Å². The second-order valence-electron chi connectivity index (χ2n) is 3.36. The van der Waals surface area contributed by atoms with Gasteiger partial charge in [-0.1, -0.05) is 0 Å². The highest BCUT2D eigenvalue weighted by molar-refractivity contribution is 6.00. The Labute approximate surface area is 98.0 Å². The Hall–Kier alpha value is -2.31. The van der Waals surface area contributed by atoms with Crippen molar-refractivity contribution in [3.05, 3.63) is 24.2 Å². The van der Waals surface area contributed by atoms with Crippen LogP contribution in [0.25, 0.3) is 0 Å². The molecule has 0 radical (unpaired) electrons. The van der Waals surface area contributed by atoms with E-state index in [1.807, 2.05) is 5.43 Å². The van der Waals surface area contributed by atoms with E-state index in [9.17, 15) is 9.59 Å². The van der Waals surface area contributed by atoms with E-state index in [-0.39, 0.29) is 12.3 Å². The lowest BCUT2D eigenvalue weighted by Gasteiger charge is -2.03. The summed E-state index contributed by atoms with van der Waals surface area (Å²) in [5, 5.41) is 6.26. The topological polar surface area (TPSA) is 110 Å². The van der Waals surface area contributed by atoms with Gasteiger partial charge in [0.05, 0.1) is 19.2 Å². The van der Waals surface area contributed by atoms with E-state index < -0.39 is 6.03 Å². The molecule has 92 valence electrons. The summed E-state index contributed by atoms with van der Waals surface area (Å²) in [7, 11) is 0. The number of carbonyl (C=O) groups excluding carboxylic acids is 2. The van der Waals surface area contributed by atoms with Gasteiger partial charge in [-0.3, -0.25) is 4.79 Å². The molecule has 0 saturated heterocycles. The largest absolute Gasteiger partial charge is 0.467 e. The van der Waals surface area contributed by atoms with Gasteiger partial charge in [-0.15, -0.1) is 0 Å². The summed E-state index contributed by atoms with van der Waals surface area (Å²) in [4.78, 5) is 21.8. The number of hydrogen-bond donors (Lipinski definition) is 3. The molecule has 4 N–H and O–H groups in total. The summed E-state index contributed by atoms with van der Waals surface area (Å²) >= 11 is 0. The van der Waals surface area contributed by atoms with Crippen LogP contribution in [0.2, 0.25) is 0 Å². The predicted octanol–water partition coefficient (Wildman–Crippen LogP) is 0.330. The van der Waals surface area contributed by atoms with Crippen molar-refractivity contribution in [2.75, 3.05) is 0 Å². The number of rotatable bonds is 5. The molecular weight excluding hydrogens is 224 g/mol. The van der Waals surface area contributed by atoms with Crippen molar-refractivity contribution in [2.24, 2.45) is 10.8 Å². The monoisotopic (exact) mass is 238 g/mol. The summed E-state index contributed by atoms with van der Waals surface area (Å²) in [5.41, 5.74) is 7.33. The molecule has 1 aromatic rings. The van der Waals surface area contributed by atoms with Gasteiger partial charge >= 0.3 is 6.03 Å². The first-order chi connectivity index (χ1) is 8.08. The van der Waals surface area contributed by atoms with Gasteiger partial charge in [0.25, 0.3) is 0 Å². The van der Waals surface area contributed by atoms with Crippen LogP contribution in [0.1, 0.15) is 19.1 Å². The van der Waals surface area contributed by atoms with Gasteiger partial charge in [0.2, 0.25) is 5.91 Å². The Morgan fingerprint density at radius 3 is 2.88 bits per heavy atom. The van der Waals surface area contributed by atoms with Crippen molar-refractivity contribution in [3.8, 4) is 0 Å². The SMILES string of the molecule is CC(CC(=O)NCc1ccco1)=NNC(N)=O. The lowest BCUT2D eigenvalue weighted by atomic mass is 10.3. The highest BCUT2D eigenvalue weighted by atomic mass is 16.3. The number of hydrazone groups is 1. The average Bonchev–Trinajstić information content (AvgIpc) is 2.76. The third kappa shape index (κ3) is 5.36. The van der Waals surface area contributed by atoms with Gasteiger partial charge in [-0.05, 0) is 19.1 Å². The minimum atomic E-state index is -0.764. The molecule has 0 bridgehead atoms. The van der Waals surface area contributed by atoms with Crippen molar-refractivity contribution in [1.82, 2.24) is 10.7 Å². The van der Waals surface area contributed by atoms with E-state index in [0.717, 1.165) is 0 Å². The summed E-state index contributed by atoms with van der Waals surface area (Å²) in [6.07, 6.45) is 1.62. The quantitative estimate of drug-likeness (QED) is 0.507. The summed E-state index contributed by atoms with van der Waals surface area (Å²) in [5.74, 6) is 0.456. The zero-order valence-corrected chi connectivity index (χ0v) is 9.40. The fourth-order valence-corrected chi connectivity index (χ4v) is 1.08. The Morgan fingerprint density at radius 2 is 2.29 bits per heavy atom. The molecule has 1 heterocycles. The maximum atomic E-state index is 11.4. The molecule has 0 aliphatic heterocycles. The number of nitrogens with two attached hydrogens (primary N) is 1. The Kier molecular flexibility index (Phi) is 4.74. The van der Waals surface area contributed by atoms with E-state index in [1.165, 1.54) is 6.26 Å². The number of amides is 3. The minimum Gasteiger partial charge on any atom is -0.467 e. The summed E-state index contributed by atoms with van der Waals surface area (Å²) in [6.45, 7) is 1.94. The van der Waals surface area contributed by atoms with E-state index in [1.54, 1.807) is 19.1 Å². The van der Waals surface area contributed by atoms with E-state index in [4.69, 9.17) is 10.2 Å². The van der Waals surface area contributed by atoms with Crippen molar-refractivity contribution in [2.45, 2.75) is 19.9 Å². The highest BCUT2D eigenvalue weighted by Crippen LogP contribution is 1.98. The molecule has 17 heavy (non-hydrogen) atoms. The second-order valence-corrected chi connectivity index (χ2v) is 3.36. The predicted molar refractivity (Wildman–Crippen MR) is 61.0 cm³/mol. The van der Waals surface area contributed by atoms with Crippen LogP contribution in [0, 0.1) is 0 Å². The van der Waals surface area contributed by atoms with Gasteiger partial charge in [0, 0.05) is 5.71 Å². The normalized spacial score (nSPS) is 11.0. The molecule has 3 amide bonds. The first-order valence-electron chi connectivity index (χ1n) is 4.95. The average molecular weight is 238 g/mol. The molecular formula is C10H14N4O3. The molecule has 0 aliphatic carbocycles. The van der Waals surface area contributed by atoms with Gasteiger partial charge in [0.15, 0.2) is 0 Å². The maximum absolute atomic E-state index is 11.4. The van der Waals surface area contributed by atoms with Crippen LogP contribution in [-0.4, -0.2) is 17.6 Å². The van der Waals surface area contributed by atoms with Gasteiger partial charge in [0.1, 0.15) is 5.76 Å². The van der Waals surface area contributed by atoms with Crippen LogP contribution in [0.5, 0.6) is 0 Å². The molecule has 0 saturated carbocycles. The lowest BCUT2D eigenvalue weighted by Crippen LogP contribution is -2.28. The molecule has 0 atom stereocenters. The van der Waals surface area contributed by atoms with E-state index in [0.29, 0.717) is 18.0 Å². The fourth-order valence-electron chi connectivity index (χ4n) is 1.08. The highest BCUT2D eigenvalue weighted by Gasteiger charge is 2.04. The zero-order valence-electron chi connectivity index (χ0n) is 9.40. The van der Waals surface area contributed by atoms with Crippen LogP contribution in [-0.2, 0) is 11.3 Å². The third-order valence-electron chi connectivity index (χ3n) is 1.81. The standard InChI is InChI=1S/C10H14N4O3/c1-7(13-14-10(11)16)5-9(15)12-6-8-3-2-4-17-8/h2-4H,5-6H2,1H3,(H,12,15)(H3,11,14,16). The molecule has 1 rings (SSSR count).